The van der Waals surface area contributed by atoms with Gasteiger partial charge in [0.1, 0.15) is 5.82 Å². The van der Waals surface area contributed by atoms with Crippen LogP contribution in [0.1, 0.15) is 15.9 Å². The maximum absolute atomic E-state index is 13.8. The van der Waals surface area contributed by atoms with E-state index in [9.17, 15) is 9.18 Å². The standard InChI is InChI=1S/C16H14FN3O/c17-14-4-2-1-3-13(14)16(21)20-8-7-19-10-11-9-12(18)5-6-15(11)20/h1-6,9-10H,7-8,18H2. The lowest BCUT2D eigenvalue weighted by Crippen LogP contribution is -2.33. The van der Waals surface area contributed by atoms with Crippen molar-refractivity contribution in [2.45, 2.75) is 0 Å². The van der Waals surface area contributed by atoms with E-state index in [4.69, 9.17) is 5.73 Å². The number of nitrogen functional groups attached to an aromatic ring is 1. The second-order valence-electron chi connectivity index (χ2n) is 4.79. The van der Waals surface area contributed by atoms with Crippen molar-refractivity contribution in [3.05, 3.63) is 59.4 Å². The van der Waals surface area contributed by atoms with Crippen molar-refractivity contribution in [1.29, 1.82) is 0 Å². The van der Waals surface area contributed by atoms with Crippen LogP contribution in [0.3, 0.4) is 0 Å². The predicted molar refractivity (Wildman–Crippen MR) is 81.4 cm³/mol. The summed E-state index contributed by atoms with van der Waals surface area (Å²) >= 11 is 0. The van der Waals surface area contributed by atoms with E-state index in [1.165, 1.54) is 12.1 Å². The average molecular weight is 283 g/mol. The number of nitrogens with two attached hydrogens (primary N) is 1. The van der Waals surface area contributed by atoms with Gasteiger partial charge in [-0.15, -0.1) is 0 Å². The molecular formula is C16H14FN3O. The third-order valence-corrected chi connectivity index (χ3v) is 3.37. The molecule has 4 nitrogen and oxygen atoms in total. The van der Waals surface area contributed by atoms with Crippen LogP contribution in [0.25, 0.3) is 0 Å². The van der Waals surface area contributed by atoms with Gasteiger partial charge in [-0.2, -0.15) is 0 Å². The molecule has 1 aliphatic rings. The Morgan fingerprint density at radius 1 is 1.24 bits per heavy atom. The smallest absolute Gasteiger partial charge is 0.261 e. The Morgan fingerprint density at radius 3 is 2.86 bits per heavy atom. The Bertz CT molecular complexity index is 727. The number of benzene rings is 2. The molecule has 21 heavy (non-hydrogen) atoms. The van der Waals surface area contributed by atoms with Gasteiger partial charge in [0.15, 0.2) is 0 Å². The fraction of sp³-hybridized carbons (Fsp3) is 0.125. The van der Waals surface area contributed by atoms with Gasteiger partial charge in [0.05, 0.1) is 17.8 Å². The third-order valence-electron chi connectivity index (χ3n) is 3.37. The van der Waals surface area contributed by atoms with E-state index in [-0.39, 0.29) is 11.5 Å². The Kier molecular flexibility index (Phi) is 3.39. The molecule has 2 aromatic rings. The molecule has 1 amide bonds. The molecule has 0 saturated carbocycles. The number of carbonyl (C=O) groups is 1. The van der Waals surface area contributed by atoms with Gasteiger partial charge in [-0.25, -0.2) is 4.39 Å². The zero-order chi connectivity index (χ0) is 14.8. The first-order valence-electron chi connectivity index (χ1n) is 6.62. The molecule has 0 atom stereocenters. The van der Waals surface area contributed by atoms with Crippen LogP contribution in [-0.2, 0) is 0 Å². The molecular weight excluding hydrogens is 269 g/mol. The summed E-state index contributed by atoms with van der Waals surface area (Å²) < 4.78 is 13.8. The predicted octanol–water partition coefficient (Wildman–Crippen LogP) is 2.49. The molecule has 106 valence electrons. The van der Waals surface area contributed by atoms with E-state index in [0.717, 1.165) is 5.56 Å². The summed E-state index contributed by atoms with van der Waals surface area (Å²) in [5.41, 5.74) is 7.87. The Labute approximate surface area is 121 Å². The van der Waals surface area contributed by atoms with Gasteiger partial charge in [0.2, 0.25) is 0 Å². The van der Waals surface area contributed by atoms with E-state index in [2.05, 4.69) is 4.99 Å². The second-order valence-corrected chi connectivity index (χ2v) is 4.79. The number of hydrogen-bond acceptors (Lipinski definition) is 3. The van der Waals surface area contributed by atoms with Crippen molar-refractivity contribution in [1.82, 2.24) is 0 Å². The SMILES string of the molecule is Nc1ccc2c(c1)C=NCCN2C(=O)c1ccccc1F. The number of aliphatic imine (C=N–C) groups is 1. The molecule has 1 aliphatic heterocycles. The minimum absolute atomic E-state index is 0.0576. The summed E-state index contributed by atoms with van der Waals surface area (Å²) in [6, 6.07) is 11.2. The first-order chi connectivity index (χ1) is 10.2. The van der Waals surface area contributed by atoms with Crippen molar-refractivity contribution in [2.24, 2.45) is 4.99 Å². The van der Waals surface area contributed by atoms with Crippen molar-refractivity contribution < 1.29 is 9.18 Å². The summed E-state index contributed by atoms with van der Waals surface area (Å²) in [6.45, 7) is 0.870. The summed E-state index contributed by atoms with van der Waals surface area (Å²) in [6.07, 6.45) is 1.69. The van der Waals surface area contributed by atoms with Crippen molar-refractivity contribution in [2.75, 3.05) is 23.7 Å². The van der Waals surface area contributed by atoms with Gasteiger partial charge in [-0.1, -0.05) is 12.1 Å². The summed E-state index contributed by atoms with van der Waals surface area (Å²) in [7, 11) is 0. The average Bonchev–Trinajstić information content (AvgIpc) is 2.69. The molecule has 3 rings (SSSR count). The van der Waals surface area contributed by atoms with E-state index >= 15 is 0 Å². The van der Waals surface area contributed by atoms with Gasteiger partial charge in [0.25, 0.3) is 5.91 Å². The highest BCUT2D eigenvalue weighted by molar-refractivity contribution is 6.09. The van der Waals surface area contributed by atoms with E-state index < -0.39 is 5.82 Å². The lowest BCUT2D eigenvalue weighted by molar-refractivity contribution is 0.0984. The van der Waals surface area contributed by atoms with Gasteiger partial charge in [0, 0.05) is 24.0 Å². The zero-order valence-corrected chi connectivity index (χ0v) is 11.3. The maximum atomic E-state index is 13.8. The monoisotopic (exact) mass is 283 g/mol. The second kappa shape index (κ2) is 5.36. The number of halogens is 1. The molecule has 0 saturated heterocycles. The van der Waals surface area contributed by atoms with Gasteiger partial charge in [-0.05, 0) is 30.3 Å². The zero-order valence-electron chi connectivity index (χ0n) is 11.3. The van der Waals surface area contributed by atoms with E-state index in [0.29, 0.717) is 24.5 Å². The Morgan fingerprint density at radius 2 is 2.05 bits per heavy atom. The van der Waals surface area contributed by atoms with Crippen LogP contribution < -0.4 is 10.6 Å². The molecule has 0 aliphatic carbocycles. The first kappa shape index (κ1) is 13.3. The molecule has 0 radical (unpaired) electrons. The molecule has 2 N–H and O–H groups in total. The van der Waals surface area contributed by atoms with Gasteiger partial charge < -0.3 is 10.6 Å². The Hall–Kier alpha value is -2.69. The fourth-order valence-electron chi connectivity index (χ4n) is 2.35. The highest BCUT2D eigenvalue weighted by Gasteiger charge is 2.23. The number of rotatable bonds is 1. The molecule has 1 heterocycles. The molecule has 0 aromatic heterocycles. The number of hydrogen-bond donors (Lipinski definition) is 1. The van der Waals surface area contributed by atoms with Crippen LogP contribution >= 0.6 is 0 Å². The normalized spacial score (nSPS) is 13.7. The molecule has 0 bridgehead atoms. The molecule has 0 fully saturated rings. The topological polar surface area (TPSA) is 58.7 Å². The number of anilines is 2. The number of fused-ring (bicyclic) bond motifs is 1. The van der Waals surface area contributed by atoms with Crippen LogP contribution in [-0.4, -0.2) is 25.2 Å². The van der Waals surface area contributed by atoms with Crippen LogP contribution in [0.5, 0.6) is 0 Å². The third kappa shape index (κ3) is 2.50. The number of amides is 1. The summed E-state index contributed by atoms with van der Waals surface area (Å²) in [4.78, 5) is 18.4. The van der Waals surface area contributed by atoms with Crippen molar-refractivity contribution >= 4 is 23.5 Å². The summed E-state index contributed by atoms with van der Waals surface area (Å²) in [5, 5.41) is 0. The van der Waals surface area contributed by atoms with Crippen LogP contribution in [0.15, 0.2) is 47.5 Å². The Balaban J connectivity index is 2.05. The lowest BCUT2D eigenvalue weighted by atomic mass is 10.1. The molecule has 2 aromatic carbocycles. The minimum atomic E-state index is -0.523. The largest absolute Gasteiger partial charge is 0.399 e. The van der Waals surface area contributed by atoms with Crippen LogP contribution in [0.2, 0.25) is 0 Å². The maximum Gasteiger partial charge on any atom is 0.261 e. The summed E-state index contributed by atoms with van der Waals surface area (Å²) in [5.74, 6) is -0.894. The lowest BCUT2D eigenvalue weighted by Gasteiger charge is -2.22. The molecule has 0 unspecified atom stereocenters. The van der Waals surface area contributed by atoms with E-state index in [1.807, 2.05) is 0 Å². The van der Waals surface area contributed by atoms with E-state index in [1.54, 1.807) is 41.4 Å². The van der Waals surface area contributed by atoms with Crippen molar-refractivity contribution in [3.63, 3.8) is 0 Å². The quantitative estimate of drug-likeness (QED) is 0.817. The number of benzodiazepines with no additional fused rings is 1. The fourth-order valence-corrected chi connectivity index (χ4v) is 2.35. The highest BCUT2D eigenvalue weighted by atomic mass is 19.1. The molecule has 5 heteroatoms. The first-order valence-corrected chi connectivity index (χ1v) is 6.62. The van der Waals surface area contributed by atoms with Gasteiger partial charge in [-0.3, -0.25) is 9.79 Å². The highest BCUT2D eigenvalue weighted by Crippen LogP contribution is 2.25. The minimum Gasteiger partial charge on any atom is -0.399 e. The van der Waals surface area contributed by atoms with Gasteiger partial charge >= 0.3 is 0 Å². The number of carbonyl (C=O) groups excluding carboxylic acids is 1. The molecule has 0 spiro atoms. The van der Waals surface area contributed by atoms with Crippen molar-refractivity contribution in [3.8, 4) is 0 Å². The van der Waals surface area contributed by atoms with Crippen LogP contribution in [0, 0.1) is 5.82 Å². The van der Waals surface area contributed by atoms with Crippen LogP contribution in [0.4, 0.5) is 15.8 Å². The number of nitrogens with zero attached hydrogens (tertiary/aromatic N) is 2.